The Hall–Kier alpha value is -2.31. The summed E-state index contributed by atoms with van der Waals surface area (Å²) in [4.78, 5) is 0. The molecule has 0 amide bonds. The van der Waals surface area contributed by atoms with Crippen LogP contribution in [-0.2, 0) is 12.8 Å². The van der Waals surface area contributed by atoms with Crippen LogP contribution in [0.1, 0.15) is 29.0 Å². The van der Waals surface area contributed by atoms with Gasteiger partial charge in [0.05, 0.1) is 0 Å². The van der Waals surface area contributed by atoms with Crippen LogP contribution in [0.4, 0.5) is 0 Å². The van der Waals surface area contributed by atoms with E-state index < -0.39 is 0 Å². The first kappa shape index (κ1) is 15.0. The molecule has 5 rings (SSSR count). The molecule has 0 aliphatic heterocycles. The van der Waals surface area contributed by atoms with Crippen molar-refractivity contribution in [2.45, 2.75) is 25.2 Å². The highest BCUT2D eigenvalue weighted by Gasteiger charge is 2.21. The van der Waals surface area contributed by atoms with Crippen molar-refractivity contribution in [1.82, 2.24) is 0 Å². The molecule has 4 aromatic carbocycles. The summed E-state index contributed by atoms with van der Waals surface area (Å²) < 4.78 is 0. The molecule has 0 fully saturated rings. The van der Waals surface area contributed by atoms with Gasteiger partial charge < -0.3 is 0 Å². The van der Waals surface area contributed by atoms with Crippen LogP contribution in [0.2, 0.25) is 5.02 Å². The number of halogens is 1. The molecule has 0 aromatic heterocycles. The van der Waals surface area contributed by atoms with E-state index in [2.05, 4.69) is 66.7 Å². The molecule has 0 saturated heterocycles. The van der Waals surface area contributed by atoms with Crippen LogP contribution in [0.3, 0.4) is 0 Å². The largest absolute Gasteiger partial charge is 0.0843 e. The lowest BCUT2D eigenvalue weighted by atomic mass is 9.78. The number of fused-ring (bicyclic) bond motifs is 5. The molecule has 0 saturated carbocycles. The van der Waals surface area contributed by atoms with Gasteiger partial charge in [-0.25, -0.2) is 0 Å². The summed E-state index contributed by atoms with van der Waals surface area (Å²) in [7, 11) is 0. The molecule has 4 aromatic rings. The van der Waals surface area contributed by atoms with Crippen molar-refractivity contribution in [3.05, 3.63) is 94.5 Å². The maximum Gasteiger partial charge on any atom is 0.0412 e. The number of hydrogen-bond acceptors (Lipinski definition) is 0. The van der Waals surface area contributed by atoms with Gasteiger partial charge in [-0.3, -0.25) is 0 Å². The van der Waals surface area contributed by atoms with E-state index in [1.807, 2.05) is 6.07 Å². The molecule has 0 N–H and O–H groups in total. The standard InChI is InChI=1S/C24H19Cl/c25-20-9-13-22-19(15-20)8-12-23-21-10-6-17(16-4-2-1-3-5-16)14-18(21)7-11-24(22)23/h1-5,7-9,11-13,15,17H,6,10,14H2. The molecule has 0 radical (unpaired) electrons. The zero-order valence-electron chi connectivity index (χ0n) is 14.0. The molecule has 1 unspecified atom stereocenters. The first-order chi connectivity index (χ1) is 12.3. The Labute approximate surface area is 153 Å². The van der Waals surface area contributed by atoms with Crippen molar-refractivity contribution in [1.29, 1.82) is 0 Å². The van der Waals surface area contributed by atoms with Crippen molar-refractivity contribution in [2.24, 2.45) is 0 Å². The van der Waals surface area contributed by atoms with Crippen molar-refractivity contribution >= 4 is 33.1 Å². The quantitative estimate of drug-likeness (QED) is 0.329. The number of benzene rings is 4. The fraction of sp³-hybridized carbons (Fsp3) is 0.167. The third-order valence-electron chi connectivity index (χ3n) is 5.67. The van der Waals surface area contributed by atoms with E-state index >= 15 is 0 Å². The normalized spacial score (nSPS) is 16.9. The summed E-state index contributed by atoms with van der Waals surface area (Å²) in [5, 5.41) is 6.09. The van der Waals surface area contributed by atoms with E-state index in [-0.39, 0.29) is 0 Å². The minimum absolute atomic E-state index is 0.644. The molecule has 0 heterocycles. The van der Waals surface area contributed by atoms with Crippen molar-refractivity contribution in [3.8, 4) is 0 Å². The van der Waals surface area contributed by atoms with Gasteiger partial charge in [-0.15, -0.1) is 0 Å². The Morgan fingerprint density at radius 1 is 0.760 bits per heavy atom. The van der Waals surface area contributed by atoms with Gasteiger partial charge in [0.15, 0.2) is 0 Å². The molecule has 0 nitrogen and oxygen atoms in total. The van der Waals surface area contributed by atoms with E-state index in [9.17, 15) is 0 Å². The summed E-state index contributed by atoms with van der Waals surface area (Å²) in [6, 6.07) is 26.3. The fourth-order valence-electron chi connectivity index (χ4n) is 4.41. The first-order valence-electron chi connectivity index (χ1n) is 8.97. The third kappa shape index (κ3) is 2.53. The van der Waals surface area contributed by atoms with Crippen LogP contribution in [0.25, 0.3) is 21.5 Å². The molecular formula is C24H19Cl. The monoisotopic (exact) mass is 342 g/mol. The summed E-state index contributed by atoms with van der Waals surface area (Å²) in [5.41, 5.74) is 4.53. The smallest absolute Gasteiger partial charge is 0.0412 e. The molecule has 0 bridgehead atoms. The first-order valence-corrected chi connectivity index (χ1v) is 9.35. The Morgan fingerprint density at radius 3 is 2.44 bits per heavy atom. The molecular weight excluding hydrogens is 324 g/mol. The second-order valence-electron chi connectivity index (χ2n) is 7.08. The summed E-state index contributed by atoms with van der Waals surface area (Å²) in [5.74, 6) is 0.644. The Balaban J connectivity index is 1.63. The average Bonchev–Trinajstić information content (AvgIpc) is 2.67. The van der Waals surface area contributed by atoms with Gasteiger partial charge in [0, 0.05) is 5.02 Å². The molecule has 1 heteroatoms. The highest BCUT2D eigenvalue weighted by atomic mass is 35.5. The number of rotatable bonds is 1. The van der Waals surface area contributed by atoms with Crippen LogP contribution in [0.15, 0.2) is 72.8 Å². The maximum atomic E-state index is 6.16. The van der Waals surface area contributed by atoms with Crippen molar-refractivity contribution < 1.29 is 0 Å². The van der Waals surface area contributed by atoms with Crippen LogP contribution >= 0.6 is 11.6 Å². The van der Waals surface area contributed by atoms with Crippen molar-refractivity contribution in [3.63, 3.8) is 0 Å². The average molecular weight is 343 g/mol. The second-order valence-corrected chi connectivity index (χ2v) is 7.52. The molecule has 1 atom stereocenters. The molecule has 122 valence electrons. The summed E-state index contributed by atoms with van der Waals surface area (Å²) in [6.45, 7) is 0. The zero-order chi connectivity index (χ0) is 16.8. The lowest BCUT2D eigenvalue weighted by Gasteiger charge is -2.26. The second kappa shape index (κ2) is 5.89. The fourth-order valence-corrected chi connectivity index (χ4v) is 4.59. The minimum Gasteiger partial charge on any atom is -0.0843 e. The van der Waals surface area contributed by atoms with Gasteiger partial charge in [0.2, 0.25) is 0 Å². The Morgan fingerprint density at radius 2 is 1.56 bits per heavy atom. The van der Waals surface area contributed by atoms with Crippen molar-refractivity contribution in [2.75, 3.05) is 0 Å². The third-order valence-corrected chi connectivity index (χ3v) is 5.90. The zero-order valence-corrected chi connectivity index (χ0v) is 14.8. The molecule has 1 aliphatic rings. The number of hydrogen-bond donors (Lipinski definition) is 0. The number of aryl methyl sites for hydroxylation is 1. The summed E-state index contributed by atoms with van der Waals surface area (Å²) in [6.07, 6.45) is 3.54. The Bertz CT molecular complexity index is 1080. The molecule has 25 heavy (non-hydrogen) atoms. The van der Waals surface area contributed by atoms with Gasteiger partial charge in [-0.1, -0.05) is 72.3 Å². The van der Waals surface area contributed by atoms with Gasteiger partial charge in [0.1, 0.15) is 0 Å². The highest BCUT2D eigenvalue weighted by Crippen LogP contribution is 2.38. The van der Waals surface area contributed by atoms with Crippen LogP contribution < -0.4 is 0 Å². The van der Waals surface area contributed by atoms with Crippen LogP contribution in [0.5, 0.6) is 0 Å². The molecule has 0 spiro atoms. The summed E-state index contributed by atoms with van der Waals surface area (Å²) >= 11 is 6.16. The van der Waals surface area contributed by atoms with Crippen LogP contribution in [-0.4, -0.2) is 0 Å². The van der Waals surface area contributed by atoms with E-state index in [0.717, 1.165) is 17.9 Å². The predicted octanol–water partition coefficient (Wildman–Crippen LogP) is 6.92. The van der Waals surface area contributed by atoms with E-state index in [1.54, 1.807) is 5.56 Å². The van der Waals surface area contributed by atoms with Gasteiger partial charge >= 0.3 is 0 Å². The van der Waals surface area contributed by atoms with Gasteiger partial charge in [-0.2, -0.15) is 0 Å². The van der Waals surface area contributed by atoms with Crippen LogP contribution in [0, 0.1) is 0 Å². The maximum absolute atomic E-state index is 6.16. The van der Waals surface area contributed by atoms with Gasteiger partial charge in [-0.05, 0) is 75.5 Å². The highest BCUT2D eigenvalue weighted by molar-refractivity contribution is 6.31. The minimum atomic E-state index is 0.644. The van der Waals surface area contributed by atoms with E-state index in [0.29, 0.717) is 5.92 Å². The van der Waals surface area contributed by atoms with E-state index in [4.69, 9.17) is 11.6 Å². The van der Waals surface area contributed by atoms with E-state index in [1.165, 1.54) is 39.1 Å². The molecule has 1 aliphatic carbocycles. The predicted molar refractivity (Wildman–Crippen MR) is 108 cm³/mol. The lowest BCUT2D eigenvalue weighted by molar-refractivity contribution is 0.588. The SMILES string of the molecule is Clc1ccc2c(ccc3c4c(ccc32)CC(c2ccccc2)CC4)c1. The topological polar surface area (TPSA) is 0 Å². The lowest BCUT2D eigenvalue weighted by Crippen LogP contribution is -2.13. The van der Waals surface area contributed by atoms with Gasteiger partial charge in [0.25, 0.3) is 0 Å². The Kier molecular flexibility index (Phi) is 3.53.